The van der Waals surface area contributed by atoms with E-state index in [1.54, 1.807) is 6.07 Å². The highest BCUT2D eigenvalue weighted by atomic mass is 35.5. The molecule has 13 heavy (non-hydrogen) atoms. The Kier molecular flexibility index (Phi) is 3.32. The van der Waals surface area contributed by atoms with Crippen LogP contribution < -0.4 is 0 Å². The maximum Gasteiger partial charge on any atom is 0.142 e. The van der Waals surface area contributed by atoms with Gasteiger partial charge in [0.1, 0.15) is 5.82 Å². The lowest BCUT2D eigenvalue weighted by molar-refractivity contribution is 0.530. The standard InChI is InChI=1S/C11H14ClF/c1-7(2)8(3)9-5-4-6-10(13)11(9)12/h4-8H,1-3H3. The second-order valence-corrected chi connectivity index (χ2v) is 4.05. The minimum Gasteiger partial charge on any atom is -0.205 e. The van der Waals surface area contributed by atoms with Gasteiger partial charge >= 0.3 is 0 Å². The second kappa shape index (κ2) is 4.10. The van der Waals surface area contributed by atoms with Crippen molar-refractivity contribution in [1.29, 1.82) is 0 Å². The van der Waals surface area contributed by atoms with Crippen LogP contribution in [0.25, 0.3) is 0 Å². The molecule has 0 nitrogen and oxygen atoms in total. The van der Waals surface area contributed by atoms with E-state index in [1.165, 1.54) is 6.07 Å². The van der Waals surface area contributed by atoms with Crippen molar-refractivity contribution in [3.63, 3.8) is 0 Å². The first-order chi connectivity index (χ1) is 6.04. The van der Waals surface area contributed by atoms with Crippen LogP contribution in [-0.4, -0.2) is 0 Å². The summed E-state index contributed by atoms with van der Waals surface area (Å²) in [5.41, 5.74) is 0.900. The zero-order chi connectivity index (χ0) is 10.0. The smallest absolute Gasteiger partial charge is 0.142 e. The van der Waals surface area contributed by atoms with Crippen molar-refractivity contribution in [3.8, 4) is 0 Å². The Morgan fingerprint density at radius 2 is 1.85 bits per heavy atom. The fourth-order valence-corrected chi connectivity index (χ4v) is 1.53. The fraction of sp³-hybridized carbons (Fsp3) is 0.455. The summed E-state index contributed by atoms with van der Waals surface area (Å²) in [7, 11) is 0. The number of benzene rings is 1. The normalized spacial score (nSPS) is 13.4. The number of halogens is 2. The van der Waals surface area contributed by atoms with E-state index in [-0.39, 0.29) is 10.8 Å². The quantitative estimate of drug-likeness (QED) is 0.670. The van der Waals surface area contributed by atoms with Crippen molar-refractivity contribution in [2.75, 3.05) is 0 Å². The van der Waals surface area contributed by atoms with Crippen LogP contribution in [0, 0.1) is 11.7 Å². The predicted molar refractivity (Wildman–Crippen MR) is 54.7 cm³/mol. The van der Waals surface area contributed by atoms with Gasteiger partial charge in [-0.2, -0.15) is 0 Å². The Bertz CT molecular complexity index is 294. The van der Waals surface area contributed by atoms with Gasteiger partial charge in [-0.15, -0.1) is 0 Å². The molecule has 0 bridgehead atoms. The predicted octanol–water partition coefficient (Wildman–Crippen LogP) is 4.24. The third-order valence-electron chi connectivity index (χ3n) is 2.47. The number of hydrogen-bond acceptors (Lipinski definition) is 0. The maximum atomic E-state index is 13.1. The Morgan fingerprint density at radius 3 is 2.38 bits per heavy atom. The molecule has 0 aliphatic heterocycles. The first-order valence-electron chi connectivity index (χ1n) is 4.48. The zero-order valence-corrected chi connectivity index (χ0v) is 8.90. The summed E-state index contributed by atoms with van der Waals surface area (Å²) >= 11 is 5.86. The number of rotatable bonds is 2. The molecule has 0 amide bonds. The minimum absolute atomic E-state index is 0.267. The first-order valence-corrected chi connectivity index (χ1v) is 4.85. The van der Waals surface area contributed by atoms with E-state index >= 15 is 0 Å². The highest BCUT2D eigenvalue weighted by molar-refractivity contribution is 6.31. The first kappa shape index (κ1) is 10.5. The zero-order valence-electron chi connectivity index (χ0n) is 8.14. The molecule has 0 spiro atoms. The van der Waals surface area contributed by atoms with E-state index in [0.717, 1.165) is 5.56 Å². The van der Waals surface area contributed by atoms with E-state index in [1.807, 2.05) is 6.07 Å². The molecule has 0 saturated heterocycles. The highest BCUT2D eigenvalue weighted by Crippen LogP contribution is 2.31. The second-order valence-electron chi connectivity index (χ2n) is 3.68. The molecular weight excluding hydrogens is 187 g/mol. The molecule has 1 aromatic carbocycles. The van der Waals surface area contributed by atoms with Gasteiger partial charge in [0.15, 0.2) is 0 Å². The Morgan fingerprint density at radius 1 is 1.23 bits per heavy atom. The molecule has 72 valence electrons. The molecule has 1 aromatic rings. The Labute approximate surface area is 83.7 Å². The molecule has 0 saturated carbocycles. The average Bonchev–Trinajstić information content (AvgIpc) is 2.08. The molecule has 0 N–H and O–H groups in total. The lowest BCUT2D eigenvalue weighted by atomic mass is 9.90. The molecular formula is C11H14ClF. The molecule has 0 radical (unpaired) electrons. The SMILES string of the molecule is CC(C)C(C)c1cccc(F)c1Cl. The minimum atomic E-state index is -0.327. The van der Waals surface area contributed by atoms with Crippen LogP contribution in [0.1, 0.15) is 32.3 Å². The van der Waals surface area contributed by atoms with Gasteiger partial charge in [-0.3, -0.25) is 0 Å². The third-order valence-corrected chi connectivity index (χ3v) is 2.87. The highest BCUT2D eigenvalue weighted by Gasteiger charge is 2.15. The topological polar surface area (TPSA) is 0 Å². The van der Waals surface area contributed by atoms with E-state index in [9.17, 15) is 4.39 Å². The lowest BCUT2D eigenvalue weighted by Gasteiger charge is -2.17. The summed E-state index contributed by atoms with van der Waals surface area (Å²) in [5.74, 6) is 0.439. The largest absolute Gasteiger partial charge is 0.205 e. The third kappa shape index (κ3) is 2.22. The van der Waals surface area contributed by atoms with Crippen molar-refractivity contribution < 1.29 is 4.39 Å². The summed E-state index contributed by atoms with van der Waals surface area (Å²) in [6.45, 7) is 6.27. The average molecular weight is 201 g/mol. The Balaban J connectivity index is 3.07. The van der Waals surface area contributed by atoms with Gasteiger partial charge in [0, 0.05) is 0 Å². The van der Waals surface area contributed by atoms with Crippen molar-refractivity contribution in [2.45, 2.75) is 26.7 Å². The van der Waals surface area contributed by atoms with Crippen LogP contribution in [0.3, 0.4) is 0 Å². The van der Waals surface area contributed by atoms with Crippen molar-refractivity contribution >= 4 is 11.6 Å². The van der Waals surface area contributed by atoms with Crippen LogP contribution in [0.5, 0.6) is 0 Å². The number of hydrogen-bond donors (Lipinski definition) is 0. The summed E-state index contributed by atoms with van der Waals surface area (Å²) in [4.78, 5) is 0. The van der Waals surface area contributed by atoms with Crippen molar-refractivity contribution in [2.24, 2.45) is 5.92 Å². The lowest BCUT2D eigenvalue weighted by Crippen LogP contribution is -2.03. The molecule has 0 heterocycles. The van der Waals surface area contributed by atoms with Gasteiger partial charge in [0.05, 0.1) is 5.02 Å². The van der Waals surface area contributed by atoms with Crippen LogP contribution in [0.15, 0.2) is 18.2 Å². The van der Waals surface area contributed by atoms with Gasteiger partial charge in [-0.1, -0.05) is 44.5 Å². The molecule has 1 unspecified atom stereocenters. The van der Waals surface area contributed by atoms with E-state index in [4.69, 9.17) is 11.6 Å². The summed E-state index contributed by atoms with van der Waals surface area (Å²) < 4.78 is 13.1. The fourth-order valence-electron chi connectivity index (χ4n) is 1.23. The van der Waals surface area contributed by atoms with Gasteiger partial charge in [-0.25, -0.2) is 4.39 Å². The van der Waals surface area contributed by atoms with E-state index in [2.05, 4.69) is 20.8 Å². The molecule has 0 aromatic heterocycles. The molecule has 1 rings (SSSR count). The monoisotopic (exact) mass is 200 g/mol. The van der Waals surface area contributed by atoms with Crippen LogP contribution in [0.4, 0.5) is 4.39 Å². The van der Waals surface area contributed by atoms with Gasteiger partial charge in [0.2, 0.25) is 0 Å². The molecule has 2 heteroatoms. The molecule has 0 fully saturated rings. The van der Waals surface area contributed by atoms with Crippen molar-refractivity contribution in [3.05, 3.63) is 34.6 Å². The Hall–Kier alpha value is -0.560. The van der Waals surface area contributed by atoms with Crippen molar-refractivity contribution in [1.82, 2.24) is 0 Å². The van der Waals surface area contributed by atoms with E-state index < -0.39 is 0 Å². The molecule has 0 aliphatic rings. The summed E-state index contributed by atoms with van der Waals surface area (Å²) in [6, 6.07) is 4.98. The molecule has 1 atom stereocenters. The van der Waals surface area contributed by atoms with E-state index in [0.29, 0.717) is 11.8 Å². The van der Waals surface area contributed by atoms with Crippen LogP contribution in [-0.2, 0) is 0 Å². The summed E-state index contributed by atoms with van der Waals surface area (Å²) in [6.07, 6.45) is 0. The van der Waals surface area contributed by atoms with Gasteiger partial charge < -0.3 is 0 Å². The maximum absolute atomic E-state index is 13.1. The van der Waals surface area contributed by atoms with Crippen LogP contribution in [0.2, 0.25) is 5.02 Å². The van der Waals surface area contributed by atoms with Crippen LogP contribution >= 0.6 is 11.6 Å². The summed E-state index contributed by atoms with van der Waals surface area (Å²) in [5, 5.41) is 0.267. The van der Waals surface area contributed by atoms with Gasteiger partial charge in [-0.05, 0) is 23.5 Å². The van der Waals surface area contributed by atoms with Gasteiger partial charge in [0.25, 0.3) is 0 Å². The molecule has 0 aliphatic carbocycles.